The van der Waals surface area contributed by atoms with Crippen LogP contribution in [0.1, 0.15) is 16.9 Å². The topological polar surface area (TPSA) is 101 Å². The molecule has 0 bridgehead atoms. The van der Waals surface area contributed by atoms with E-state index < -0.39 is 24.7 Å². The summed E-state index contributed by atoms with van der Waals surface area (Å²) in [4.78, 5) is 26.2. The molecule has 1 aliphatic rings. The molecule has 0 aliphatic carbocycles. The molecule has 2 heterocycles. The number of fused-ring (bicyclic) bond motifs is 1. The SMILES string of the molecule is O=C(O)CO[C@@H]1CCOC[C@@H]1NC(=O)c1[nH]c2ccccc2c1Cl. The van der Waals surface area contributed by atoms with Gasteiger partial charge in [0.2, 0.25) is 0 Å². The molecule has 3 N–H and O–H groups in total. The van der Waals surface area contributed by atoms with E-state index in [1.165, 1.54) is 0 Å². The first-order valence-corrected chi connectivity index (χ1v) is 7.92. The van der Waals surface area contributed by atoms with Crippen LogP contribution in [0, 0.1) is 0 Å². The third-order valence-electron chi connectivity index (χ3n) is 3.90. The van der Waals surface area contributed by atoms with Crippen LogP contribution in [-0.2, 0) is 14.3 Å². The number of amides is 1. The molecule has 24 heavy (non-hydrogen) atoms. The van der Waals surface area contributed by atoms with Gasteiger partial charge in [0.15, 0.2) is 0 Å². The highest BCUT2D eigenvalue weighted by Gasteiger charge is 2.30. The van der Waals surface area contributed by atoms with E-state index >= 15 is 0 Å². The van der Waals surface area contributed by atoms with Gasteiger partial charge in [0, 0.05) is 17.5 Å². The number of rotatable bonds is 5. The lowest BCUT2D eigenvalue weighted by Gasteiger charge is -2.31. The highest BCUT2D eigenvalue weighted by atomic mass is 35.5. The number of nitrogens with one attached hydrogen (secondary N) is 2. The second-order valence-corrected chi connectivity index (χ2v) is 5.92. The molecule has 8 heteroatoms. The smallest absolute Gasteiger partial charge is 0.329 e. The number of halogens is 1. The summed E-state index contributed by atoms with van der Waals surface area (Å²) in [5.74, 6) is -1.43. The molecule has 0 radical (unpaired) electrons. The molecular weight excluding hydrogens is 336 g/mol. The molecule has 3 rings (SSSR count). The molecule has 2 aromatic rings. The number of ether oxygens (including phenoxy) is 2. The number of aromatic nitrogens is 1. The van der Waals surface area contributed by atoms with E-state index in [2.05, 4.69) is 10.3 Å². The first kappa shape index (κ1) is 16.8. The van der Waals surface area contributed by atoms with Gasteiger partial charge >= 0.3 is 5.97 Å². The molecular formula is C16H17ClN2O5. The number of para-hydroxylation sites is 1. The summed E-state index contributed by atoms with van der Waals surface area (Å²) in [5, 5.41) is 12.7. The fourth-order valence-corrected chi connectivity index (χ4v) is 3.03. The number of benzene rings is 1. The molecule has 1 saturated heterocycles. The Kier molecular flexibility index (Phi) is 5.03. The van der Waals surface area contributed by atoms with Gasteiger partial charge in [-0.25, -0.2) is 4.79 Å². The van der Waals surface area contributed by atoms with Crippen LogP contribution in [0.5, 0.6) is 0 Å². The van der Waals surface area contributed by atoms with E-state index in [4.69, 9.17) is 26.2 Å². The van der Waals surface area contributed by atoms with Gasteiger partial charge < -0.3 is 24.9 Å². The van der Waals surface area contributed by atoms with Crippen molar-refractivity contribution in [3.05, 3.63) is 35.0 Å². The van der Waals surface area contributed by atoms with Crippen molar-refractivity contribution in [2.24, 2.45) is 0 Å². The van der Waals surface area contributed by atoms with E-state index in [9.17, 15) is 9.59 Å². The third-order valence-corrected chi connectivity index (χ3v) is 4.29. The Labute approximate surface area is 142 Å². The van der Waals surface area contributed by atoms with Gasteiger partial charge in [0.25, 0.3) is 5.91 Å². The molecule has 7 nitrogen and oxygen atoms in total. The van der Waals surface area contributed by atoms with Gasteiger partial charge in [-0.2, -0.15) is 0 Å². The zero-order chi connectivity index (χ0) is 17.1. The molecule has 0 unspecified atom stereocenters. The highest BCUT2D eigenvalue weighted by molar-refractivity contribution is 6.38. The van der Waals surface area contributed by atoms with Crippen LogP contribution in [0.25, 0.3) is 10.9 Å². The number of aromatic amines is 1. The van der Waals surface area contributed by atoms with E-state index in [1.807, 2.05) is 24.3 Å². The Hall–Kier alpha value is -2.09. The largest absolute Gasteiger partial charge is 0.480 e. The van der Waals surface area contributed by atoms with E-state index in [-0.39, 0.29) is 18.2 Å². The molecule has 1 amide bonds. The number of H-pyrrole nitrogens is 1. The van der Waals surface area contributed by atoms with Gasteiger partial charge in [-0.05, 0) is 12.5 Å². The number of aliphatic carboxylic acids is 1. The fourth-order valence-electron chi connectivity index (χ4n) is 2.74. The third kappa shape index (κ3) is 3.53. The van der Waals surface area contributed by atoms with Crippen LogP contribution in [0.4, 0.5) is 0 Å². The van der Waals surface area contributed by atoms with Crippen LogP contribution >= 0.6 is 11.6 Å². The summed E-state index contributed by atoms with van der Waals surface area (Å²) in [7, 11) is 0. The molecule has 1 aliphatic heterocycles. The Morgan fingerprint density at radius 3 is 2.96 bits per heavy atom. The maximum atomic E-state index is 12.5. The van der Waals surface area contributed by atoms with Gasteiger partial charge in [0.1, 0.15) is 12.3 Å². The van der Waals surface area contributed by atoms with E-state index in [0.717, 1.165) is 10.9 Å². The van der Waals surface area contributed by atoms with Crippen LogP contribution in [0.15, 0.2) is 24.3 Å². The average molecular weight is 353 g/mol. The van der Waals surface area contributed by atoms with Crippen molar-refractivity contribution in [1.82, 2.24) is 10.3 Å². The zero-order valence-corrected chi connectivity index (χ0v) is 13.5. The van der Waals surface area contributed by atoms with Crippen molar-refractivity contribution in [1.29, 1.82) is 0 Å². The first-order chi connectivity index (χ1) is 11.6. The summed E-state index contributed by atoms with van der Waals surface area (Å²) < 4.78 is 10.7. The van der Waals surface area contributed by atoms with Crippen molar-refractivity contribution in [3.63, 3.8) is 0 Å². The Morgan fingerprint density at radius 2 is 2.21 bits per heavy atom. The van der Waals surface area contributed by atoms with E-state index in [0.29, 0.717) is 18.1 Å². The van der Waals surface area contributed by atoms with Gasteiger partial charge in [0.05, 0.1) is 23.8 Å². The highest BCUT2D eigenvalue weighted by Crippen LogP contribution is 2.27. The average Bonchev–Trinajstić information content (AvgIpc) is 2.91. The zero-order valence-electron chi connectivity index (χ0n) is 12.8. The minimum atomic E-state index is -1.05. The Bertz CT molecular complexity index is 760. The molecule has 1 aromatic carbocycles. The number of hydrogen-bond donors (Lipinski definition) is 3. The second kappa shape index (κ2) is 7.21. The summed E-state index contributed by atoms with van der Waals surface area (Å²) in [6.07, 6.45) is 0.0977. The Balaban J connectivity index is 1.74. The molecule has 0 saturated carbocycles. The monoisotopic (exact) mass is 352 g/mol. The summed E-state index contributed by atoms with van der Waals surface area (Å²) >= 11 is 6.28. The predicted octanol–water partition coefficient (Wildman–Crippen LogP) is 1.81. The van der Waals surface area contributed by atoms with Crippen LogP contribution in [-0.4, -0.2) is 53.9 Å². The lowest BCUT2D eigenvalue weighted by atomic mass is 10.1. The number of carboxylic acids is 1. The number of carbonyl (C=O) groups is 2. The minimum Gasteiger partial charge on any atom is -0.480 e. The van der Waals surface area contributed by atoms with Crippen LogP contribution in [0.3, 0.4) is 0 Å². The van der Waals surface area contributed by atoms with E-state index in [1.54, 1.807) is 0 Å². The standard InChI is InChI=1S/C16H17ClN2O5/c17-14-9-3-1-2-4-10(9)18-15(14)16(22)19-11-7-23-6-5-12(11)24-8-13(20)21/h1-4,11-12,18H,5-8H2,(H,19,22)(H,20,21)/t11-,12+/m0/s1. The quantitative estimate of drug-likeness (QED) is 0.762. The maximum absolute atomic E-state index is 12.5. The fraction of sp³-hybridized carbons (Fsp3) is 0.375. The summed E-state index contributed by atoms with van der Waals surface area (Å²) in [6.45, 7) is 0.307. The maximum Gasteiger partial charge on any atom is 0.329 e. The number of carbonyl (C=O) groups excluding carboxylic acids is 1. The predicted molar refractivity (Wildman–Crippen MR) is 87.4 cm³/mol. The molecule has 2 atom stereocenters. The van der Waals surface area contributed by atoms with Gasteiger partial charge in [-0.3, -0.25) is 4.79 Å². The number of hydrogen-bond acceptors (Lipinski definition) is 4. The van der Waals surface area contributed by atoms with Crippen LogP contribution in [0.2, 0.25) is 5.02 Å². The Morgan fingerprint density at radius 1 is 1.42 bits per heavy atom. The summed E-state index contributed by atoms with van der Waals surface area (Å²) in [5.41, 5.74) is 1.03. The van der Waals surface area contributed by atoms with Crippen LogP contribution < -0.4 is 5.32 Å². The molecule has 128 valence electrons. The van der Waals surface area contributed by atoms with Crippen molar-refractivity contribution >= 4 is 34.4 Å². The lowest BCUT2D eigenvalue weighted by molar-refractivity contribution is -0.147. The molecule has 1 aromatic heterocycles. The van der Waals surface area contributed by atoms with Crippen molar-refractivity contribution < 1.29 is 24.2 Å². The minimum absolute atomic E-state index is 0.258. The first-order valence-electron chi connectivity index (χ1n) is 7.54. The summed E-state index contributed by atoms with van der Waals surface area (Å²) in [6, 6.07) is 6.91. The second-order valence-electron chi connectivity index (χ2n) is 5.55. The lowest BCUT2D eigenvalue weighted by Crippen LogP contribution is -2.51. The van der Waals surface area contributed by atoms with Crippen molar-refractivity contribution in [2.75, 3.05) is 19.8 Å². The molecule has 1 fully saturated rings. The number of carboxylic acid groups (broad SMARTS) is 1. The van der Waals surface area contributed by atoms with Crippen molar-refractivity contribution in [2.45, 2.75) is 18.6 Å². The normalized spacial score (nSPS) is 20.9. The van der Waals surface area contributed by atoms with Gasteiger partial charge in [-0.15, -0.1) is 0 Å². The van der Waals surface area contributed by atoms with Gasteiger partial charge in [-0.1, -0.05) is 29.8 Å². The molecule has 0 spiro atoms. The van der Waals surface area contributed by atoms with Crippen molar-refractivity contribution in [3.8, 4) is 0 Å².